The molecule has 0 aliphatic rings. The Balaban J connectivity index is 1.32. The zero-order chi connectivity index (χ0) is 36.5. The Morgan fingerprint density at radius 1 is 0.327 bits per heavy atom. The molecule has 0 fully saturated rings. The van der Waals surface area contributed by atoms with Gasteiger partial charge in [-0.15, -0.1) is 0 Å². The van der Waals surface area contributed by atoms with Crippen LogP contribution in [-0.4, -0.2) is 71.2 Å². The van der Waals surface area contributed by atoms with Crippen LogP contribution in [0.2, 0.25) is 0 Å². The summed E-state index contributed by atoms with van der Waals surface area (Å²) < 4.78 is 33.8. The number of hydrogen-bond donors (Lipinski definition) is 0. The van der Waals surface area contributed by atoms with Crippen LogP contribution in [0.15, 0.2) is 127 Å². The highest BCUT2D eigenvalue weighted by Crippen LogP contribution is 2.32. The van der Waals surface area contributed by atoms with Crippen molar-refractivity contribution < 1.29 is 28.4 Å². The van der Waals surface area contributed by atoms with Gasteiger partial charge in [-0.05, 0) is 50.4 Å². The van der Waals surface area contributed by atoms with E-state index in [4.69, 9.17) is 28.4 Å². The van der Waals surface area contributed by atoms with Crippen LogP contribution in [0.3, 0.4) is 0 Å². The van der Waals surface area contributed by atoms with Crippen LogP contribution >= 0.6 is 0 Å². The molecule has 0 heterocycles. The molecule has 52 heavy (non-hydrogen) atoms. The van der Waals surface area contributed by atoms with Crippen LogP contribution in [0.25, 0.3) is 0 Å². The molecule has 0 aliphatic heterocycles. The fourth-order valence-corrected chi connectivity index (χ4v) is 9.77. The van der Waals surface area contributed by atoms with Crippen LogP contribution in [-0.2, 0) is 0 Å². The third-order valence-electron chi connectivity index (χ3n) is 8.78. The predicted molar refractivity (Wildman–Crippen MR) is 214 cm³/mol. The molecule has 6 aromatic rings. The molecule has 6 rings (SSSR count). The van der Waals surface area contributed by atoms with Gasteiger partial charge >= 0.3 is 0 Å². The largest absolute Gasteiger partial charge is 0.493 e. The molecule has 6 nitrogen and oxygen atoms in total. The van der Waals surface area contributed by atoms with Crippen molar-refractivity contribution >= 4 is 59.7 Å². The Labute approximate surface area is 314 Å². The first-order valence-electron chi connectivity index (χ1n) is 16.7. The lowest BCUT2D eigenvalue weighted by atomic mass is 9.85. The molecule has 0 saturated carbocycles. The lowest BCUT2D eigenvalue weighted by molar-refractivity contribution is 0.357. The van der Waals surface area contributed by atoms with Gasteiger partial charge in [0.2, 0.25) is 0 Å². The molecule has 0 N–H and O–H groups in total. The first-order chi connectivity index (χ1) is 25.5. The summed E-state index contributed by atoms with van der Waals surface area (Å²) in [5, 5.41) is 7.00. The van der Waals surface area contributed by atoms with E-state index < -0.39 is 0 Å². The number of methoxy groups -OCH3 is 6. The zero-order valence-corrected chi connectivity index (χ0v) is 33.2. The minimum atomic E-state index is 0.0382. The summed E-state index contributed by atoms with van der Waals surface area (Å²) in [6.07, 6.45) is 0. The van der Waals surface area contributed by atoms with Gasteiger partial charge in [0.1, 0.15) is 28.6 Å². The quantitative estimate of drug-likeness (QED) is 0.118. The van der Waals surface area contributed by atoms with E-state index in [9.17, 15) is 0 Å². The summed E-state index contributed by atoms with van der Waals surface area (Å²) in [5.74, 6) is 4.61. The summed E-state index contributed by atoms with van der Waals surface area (Å²) in [6, 6.07) is 45.1. The Kier molecular flexibility index (Phi) is 12.2. The third kappa shape index (κ3) is 8.12. The number of ether oxygens (including phenoxy) is 6. The van der Waals surface area contributed by atoms with Crippen LogP contribution in [0.5, 0.6) is 34.5 Å². The molecular weight excluding hydrogens is 697 g/mol. The van der Waals surface area contributed by atoms with E-state index in [1.807, 2.05) is 36.4 Å². The van der Waals surface area contributed by atoms with Gasteiger partial charge < -0.3 is 28.4 Å². The van der Waals surface area contributed by atoms with E-state index in [1.54, 1.807) is 42.7 Å². The van der Waals surface area contributed by atoms with Gasteiger partial charge in [-0.2, -0.15) is 0 Å². The van der Waals surface area contributed by atoms with Crippen molar-refractivity contribution in [1.82, 2.24) is 0 Å². The molecule has 0 spiro atoms. The highest BCUT2D eigenvalue weighted by molar-refractivity contribution is 6.69. The molecule has 0 aromatic heterocycles. The highest BCUT2D eigenvalue weighted by atomic mass is 28.2. The van der Waals surface area contributed by atoms with E-state index >= 15 is 0 Å². The molecule has 9 heteroatoms. The van der Waals surface area contributed by atoms with E-state index in [1.165, 1.54) is 32.3 Å². The van der Waals surface area contributed by atoms with Gasteiger partial charge in [-0.1, -0.05) is 125 Å². The second-order valence-electron chi connectivity index (χ2n) is 11.8. The van der Waals surface area contributed by atoms with Crippen molar-refractivity contribution in [2.75, 3.05) is 42.7 Å². The maximum Gasteiger partial charge on any atom is 0.160 e. The molecule has 6 aromatic carbocycles. The van der Waals surface area contributed by atoms with Crippen molar-refractivity contribution in [3.05, 3.63) is 144 Å². The van der Waals surface area contributed by atoms with Crippen LogP contribution in [0.1, 0.15) is 22.6 Å². The number of para-hydroxylation sites is 3. The van der Waals surface area contributed by atoms with Gasteiger partial charge in [0.25, 0.3) is 0 Å². The van der Waals surface area contributed by atoms with E-state index in [0.717, 1.165) is 50.1 Å². The second-order valence-corrected chi connectivity index (χ2v) is 15.9. The Bertz CT molecular complexity index is 1840. The van der Waals surface area contributed by atoms with Crippen molar-refractivity contribution in [1.29, 1.82) is 0 Å². The summed E-state index contributed by atoms with van der Waals surface area (Å²) in [7, 11) is 11.4. The van der Waals surface area contributed by atoms with Gasteiger partial charge in [-0.25, -0.2) is 0 Å². The minimum absolute atomic E-state index is 0.0382. The molecule has 0 amide bonds. The number of benzene rings is 6. The molecule has 0 bridgehead atoms. The number of rotatable bonds is 15. The Morgan fingerprint density at radius 2 is 0.596 bits per heavy atom. The zero-order valence-electron chi connectivity index (χ0n) is 30.2. The van der Waals surface area contributed by atoms with Gasteiger partial charge in [0, 0.05) is 5.92 Å². The normalized spacial score (nSPS) is 10.9. The van der Waals surface area contributed by atoms with E-state index in [0.29, 0.717) is 28.6 Å². The Hall–Kier alpha value is -5.23. The first-order valence-corrected chi connectivity index (χ1v) is 19.7. The Morgan fingerprint density at radius 3 is 0.827 bits per heavy atom. The summed E-state index contributed by atoms with van der Waals surface area (Å²) in [5.41, 5.74) is 3.67. The maximum absolute atomic E-state index is 5.72. The molecule has 0 atom stereocenters. The van der Waals surface area contributed by atoms with Gasteiger partial charge in [0.05, 0.1) is 42.7 Å². The third-order valence-corrected chi connectivity index (χ3v) is 12.6. The molecule has 0 aliphatic carbocycles. The standard InChI is InChI=1S/C43H40O6Si3/c1-44-34-10-7-13-37(41(34)47-4)50-31-22-16-28(17-23-31)40(29-18-24-32(25-19-29)51-38-14-8-11-35(45-2)42(38)48-5)30-20-26-33(27-21-30)52-39-15-9-12-36(46-3)43(39)49-6/h7-27,40H,1-6H3. The summed E-state index contributed by atoms with van der Waals surface area (Å²) in [6.45, 7) is 0. The van der Waals surface area contributed by atoms with Crippen LogP contribution in [0, 0.1) is 0 Å². The number of hydrogen-bond acceptors (Lipinski definition) is 6. The van der Waals surface area contributed by atoms with Gasteiger partial charge in [-0.3, -0.25) is 0 Å². The fraction of sp³-hybridized carbons (Fsp3) is 0.163. The highest BCUT2D eigenvalue weighted by Gasteiger charge is 2.20. The molecule has 6 radical (unpaired) electrons. The van der Waals surface area contributed by atoms with Crippen LogP contribution in [0.4, 0.5) is 0 Å². The molecule has 0 saturated heterocycles. The topological polar surface area (TPSA) is 55.4 Å². The lowest BCUT2D eigenvalue weighted by Gasteiger charge is -2.21. The first kappa shape index (κ1) is 36.6. The van der Waals surface area contributed by atoms with Crippen molar-refractivity contribution in [3.63, 3.8) is 0 Å². The predicted octanol–water partition coefficient (Wildman–Crippen LogP) is 3.88. The van der Waals surface area contributed by atoms with Crippen LogP contribution < -0.4 is 59.5 Å². The van der Waals surface area contributed by atoms with E-state index in [2.05, 4.69) is 91.0 Å². The molecular formula is C43H40O6Si3. The van der Waals surface area contributed by atoms with E-state index in [-0.39, 0.29) is 5.92 Å². The monoisotopic (exact) mass is 736 g/mol. The van der Waals surface area contributed by atoms with Crippen molar-refractivity contribution in [2.45, 2.75) is 5.92 Å². The molecule has 0 unspecified atom stereocenters. The van der Waals surface area contributed by atoms with Crippen molar-refractivity contribution in [3.8, 4) is 34.5 Å². The smallest absolute Gasteiger partial charge is 0.160 e. The van der Waals surface area contributed by atoms with Crippen molar-refractivity contribution in [2.24, 2.45) is 0 Å². The maximum atomic E-state index is 5.72. The van der Waals surface area contributed by atoms with Gasteiger partial charge in [0.15, 0.2) is 34.5 Å². The minimum Gasteiger partial charge on any atom is -0.493 e. The average Bonchev–Trinajstić information content (AvgIpc) is 3.19. The lowest BCUT2D eigenvalue weighted by Crippen LogP contribution is -2.29. The summed E-state index contributed by atoms with van der Waals surface area (Å²) in [4.78, 5) is 0. The fourth-order valence-electron chi connectivity index (χ4n) is 6.28. The SMILES string of the molecule is COc1cccc([Si]c2ccc(C(c3ccc([Si]c4cccc(OC)c4OC)cc3)c3ccc([Si]c4cccc(OC)c4OC)cc3)cc2)c1OC. The average molecular weight is 737 g/mol. The molecule has 260 valence electrons. The summed E-state index contributed by atoms with van der Waals surface area (Å²) >= 11 is 0. The second kappa shape index (κ2) is 17.3.